The minimum atomic E-state index is -0.505. The molecule has 0 amide bonds. The van der Waals surface area contributed by atoms with E-state index in [0.29, 0.717) is 12.1 Å². The van der Waals surface area contributed by atoms with Crippen molar-refractivity contribution in [3.8, 4) is 0 Å². The van der Waals surface area contributed by atoms with Gasteiger partial charge in [0.1, 0.15) is 5.54 Å². The smallest absolute Gasteiger partial charge is 0.325 e. The van der Waals surface area contributed by atoms with Gasteiger partial charge in [-0.15, -0.1) is 0 Å². The van der Waals surface area contributed by atoms with Gasteiger partial charge in [0.05, 0.1) is 7.11 Å². The molecular weight excluding hydrogens is 252 g/mol. The van der Waals surface area contributed by atoms with Crippen LogP contribution in [0.3, 0.4) is 0 Å². The highest BCUT2D eigenvalue weighted by atomic mass is 16.5. The zero-order valence-corrected chi connectivity index (χ0v) is 13.3. The molecule has 2 fully saturated rings. The summed E-state index contributed by atoms with van der Waals surface area (Å²) in [5.74, 6) is -0.115. The van der Waals surface area contributed by atoms with Gasteiger partial charge in [0, 0.05) is 12.1 Å². The fourth-order valence-electron chi connectivity index (χ4n) is 3.26. The molecule has 1 N–H and O–H groups in total. The third-order valence-electron chi connectivity index (χ3n) is 4.80. The summed E-state index contributed by atoms with van der Waals surface area (Å²) in [5, 5.41) is 3.47. The Morgan fingerprint density at radius 3 is 2.70 bits per heavy atom. The molecule has 20 heavy (non-hydrogen) atoms. The molecule has 0 aromatic carbocycles. The first kappa shape index (κ1) is 15.8. The summed E-state index contributed by atoms with van der Waals surface area (Å²) in [6, 6.07) is 1.22. The Hall–Kier alpha value is -0.610. The van der Waals surface area contributed by atoms with Crippen LogP contribution in [-0.2, 0) is 9.53 Å². The summed E-state index contributed by atoms with van der Waals surface area (Å²) in [6.07, 6.45) is 8.29. The molecule has 116 valence electrons. The van der Waals surface area contributed by atoms with Crippen LogP contribution in [0.15, 0.2) is 0 Å². The maximum absolute atomic E-state index is 12.0. The molecule has 0 bridgehead atoms. The molecule has 2 rings (SSSR count). The predicted octanol–water partition coefficient (Wildman–Crippen LogP) is 2.32. The van der Waals surface area contributed by atoms with Crippen LogP contribution in [0.1, 0.15) is 58.8 Å². The fraction of sp³-hybridized carbons (Fsp3) is 0.938. The summed E-state index contributed by atoms with van der Waals surface area (Å²) in [4.78, 5) is 14.6. The van der Waals surface area contributed by atoms with Gasteiger partial charge < -0.3 is 9.64 Å². The number of carbonyl (C=O) groups excluding carboxylic acids is 1. The second kappa shape index (κ2) is 6.90. The van der Waals surface area contributed by atoms with Crippen molar-refractivity contribution >= 4 is 5.97 Å². The van der Waals surface area contributed by atoms with Gasteiger partial charge in [0.2, 0.25) is 0 Å². The summed E-state index contributed by atoms with van der Waals surface area (Å²) in [5.41, 5.74) is -0.505. The number of esters is 1. The van der Waals surface area contributed by atoms with Crippen molar-refractivity contribution in [2.75, 3.05) is 20.2 Å². The zero-order valence-electron chi connectivity index (χ0n) is 13.3. The average molecular weight is 282 g/mol. The van der Waals surface area contributed by atoms with E-state index in [-0.39, 0.29) is 5.97 Å². The summed E-state index contributed by atoms with van der Waals surface area (Å²) in [6.45, 7) is 6.63. The van der Waals surface area contributed by atoms with E-state index in [1.807, 2.05) is 6.92 Å². The largest absolute Gasteiger partial charge is 0.468 e. The minimum absolute atomic E-state index is 0.115. The number of methoxy groups -OCH3 is 1. The van der Waals surface area contributed by atoms with E-state index in [2.05, 4.69) is 17.1 Å². The molecule has 2 atom stereocenters. The van der Waals surface area contributed by atoms with E-state index in [1.165, 1.54) is 45.8 Å². The number of carbonyl (C=O) groups is 1. The van der Waals surface area contributed by atoms with Crippen LogP contribution in [0.2, 0.25) is 0 Å². The maximum atomic E-state index is 12.0. The molecule has 0 spiro atoms. The van der Waals surface area contributed by atoms with Crippen LogP contribution < -0.4 is 5.32 Å². The highest BCUT2D eigenvalue weighted by Gasteiger charge is 2.39. The zero-order chi connectivity index (χ0) is 14.6. The number of nitrogens with zero attached hydrogens (tertiary/aromatic N) is 1. The van der Waals surface area contributed by atoms with Gasteiger partial charge in [0.15, 0.2) is 0 Å². The van der Waals surface area contributed by atoms with E-state index in [0.717, 1.165) is 19.4 Å². The number of nitrogens with one attached hydrogen (secondary N) is 1. The number of hydrogen-bond donors (Lipinski definition) is 1. The first-order valence-electron chi connectivity index (χ1n) is 8.15. The van der Waals surface area contributed by atoms with E-state index >= 15 is 0 Å². The highest BCUT2D eigenvalue weighted by Crippen LogP contribution is 2.26. The first-order chi connectivity index (χ1) is 9.55. The van der Waals surface area contributed by atoms with Crippen LogP contribution >= 0.6 is 0 Å². The topological polar surface area (TPSA) is 41.6 Å². The third-order valence-corrected chi connectivity index (χ3v) is 4.80. The Balaban J connectivity index is 1.80. The second-order valence-electron chi connectivity index (χ2n) is 6.73. The summed E-state index contributed by atoms with van der Waals surface area (Å²) >= 11 is 0. The normalized spacial score (nSPS) is 27.1. The summed E-state index contributed by atoms with van der Waals surface area (Å²) in [7, 11) is 1.49. The Bertz CT molecular complexity index is 330. The molecule has 1 saturated carbocycles. The molecule has 2 unspecified atom stereocenters. The lowest BCUT2D eigenvalue weighted by Gasteiger charge is -2.34. The molecule has 4 nitrogen and oxygen atoms in total. The molecule has 0 aromatic rings. The Morgan fingerprint density at radius 1 is 1.35 bits per heavy atom. The molecule has 2 aliphatic rings. The van der Waals surface area contributed by atoms with Crippen LogP contribution in [-0.4, -0.2) is 48.7 Å². The summed E-state index contributed by atoms with van der Waals surface area (Å²) < 4.78 is 4.99. The maximum Gasteiger partial charge on any atom is 0.325 e. The van der Waals surface area contributed by atoms with Gasteiger partial charge in [-0.1, -0.05) is 6.42 Å². The lowest BCUT2D eigenvalue weighted by atomic mass is 9.94. The predicted molar refractivity (Wildman–Crippen MR) is 80.7 cm³/mol. The van der Waals surface area contributed by atoms with Crippen molar-refractivity contribution in [1.82, 2.24) is 10.2 Å². The molecule has 4 heteroatoms. The third kappa shape index (κ3) is 4.19. The van der Waals surface area contributed by atoms with Gasteiger partial charge in [0.25, 0.3) is 0 Å². The van der Waals surface area contributed by atoms with Gasteiger partial charge in [-0.2, -0.15) is 0 Å². The van der Waals surface area contributed by atoms with Crippen molar-refractivity contribution in [2.45, 2.75) is 76.4 Å². The Kier molecular flexibility index (Phi) is 5.44. The van der Waals surface area contributed by atoms with Crippen LogP contribution in [0.4, 0.5) is 0 Å². The molecular formula is C16H30N2O2. The highest BCUT2D eigenvalue weighted by molar-refractivity contribution is 5.80. The number of piperidine rings is 1. The lowest BCUT2D eigenvalue weighted by Crippen LogP contribution is -2.51. The van der Waals surface area contributed by atoms with E-state index in [9.17, 15) is 4.79 Å². The molecule has 0 aromatic heterocycles. The van der Waals surface area contributed by atoms with Crippen molar-refractivity contribution in [3.63, 3.8) is 0 Å². The number of ether oxygens (including phenoxy) is 1. The van der Waals surface area contributed by atoms with Gasteiger partial charge in [-0.05, 0) is 65.5 Å². The lowest BCUT2D eigenvalue weighted by molar-refractivity contribution is -0.148. The first-order valence-corrected chi connectivity index (χ1v) is 8.15. The molecule has 1 aliphatic heterocycles. The van der Waals surface area contributed by atoms with E-state index < -0.39 is 5.54 Å². The van der Waals surface area contributed by atoms with E-state index in [4.69, 9.17) is 4.74 Å². The van der Waals surface area contributed by atoms with Gasteiger partial charge in [-0.25, -0.2) is 0 Å². The van der Waals surface area contributed by atoms with Gasteiger partial charge in [-0.3, -0.25) is 10.1 Å². The van der Waals surface area contributed by atoms with Crippen molar-refractivity contribution in [1.29, 1.82) is 0 Å². The SMILES string of the molecule is COC(=O)C(C)(CCCN1CCCCC1C)NC1CC1. The minimum Gasteiger partial charge on any atom is -0.468 e. The molecule has 1 heterocycles. The molecule has 1 aliphatic carbocycles. The Labute approximate surface area is 123 Å². The quantitative estimate of drug-likeness (QED) is 0.728. The molecule has 1 saturated heterocycles. The van der Waals surface area contributed by atoms with Crippen LogP contribution in [0.25, 0.3) is 0 Å². The number of likely N-dealkylation sites (tertiary alicyclic amines) is 1. The standard InChI is InChI=1S/C16H30N2O2/c1-13-7-4-5-11-18(13)12-6-10-16(2,15(19)20-3)17-14-8-9-14/h13-14,17H,4-12H2,1-3H3. The number of hydrogen-bond acceptors (Lipinski definition) is 4. The van der Waals surface area contributed by atoms with Crippen LogP contribution in [0, 0.1) is 0 Å². The van der Waals surface area contributed by atoms with Crippen molar-refractivity contribution in [2.24, 2.45) is 0 Å². The fourth-order valence-corrected chi connectivity index (χ4v) is 3.26. The van der Waals surface area contributed by atoms with E-state index in [1.54, 1.807) is 0 Å². The van der Waals surface area contributed by atoms with Crippen molar-refractivity contribution < 1.29 is 9.53 Å². The van der Waals surface area contributed by atoms with Gasteiger partial charge >= 0.3 is 5.97 Å². The van der Waals surface area contributed by atoms with Crippen molar-refractivity contribution in [3.05, 3.63) is 0 Å². The number of rotatable bonds is 7. The second-order valence-corrected chi connectivity index (χ2v) is 6.73. The average Bonchev–Trinajstić information content (AvgIpc) is 3.23. The Morgan fingerprint density at radius 2 is 2.10 bits per heavy atom. The van der Waals surface area contributed by atoms with Crippen LogP contribution in [0.5, 0.6) is 0 Å². The molecule has 0 radical (unpaired) electrons. The monoisotopic (exact) mass is 282 g/mol.